The summed E-state index contributed by atoms with van der Waals surface area (Å²) in [5.41, 5.74) is 2.51. The molecule has 0 aromatic heterocycles. The molecule has 0 saturated carbocycles. The largest absolute Gasteiger partial charge is 0.486 e. The second-order valence-corrected chi connectivity index (χ2v) is 6.16. The van der Waals surface area contributed by atoms with Gasteiger partial charge in [-0.15, -0.1) is 0 Å². The summed E-state index contributed by atoms with van der Waals surface area (Å²) in [5, 5.41) is 10.1. The van der Waals surface area contributed by atoms with Gasteiger partial charge >= 0.3 is 0 Å². The number of aliphatic hydroxyl groups is 1. The molecular weight excluding hydrogens is 309 g/mol. The molecule has 1 aliphatic rings. The van der Waals surface area contributed by atoms with E-state index in [1.807, 2.05) is 32.0 Å². The highest BCUT2D eigenvalue weighted by Gasteiger charge is 2.36. The first-order valence-corrected chi connectivity index (χ1v) is 7.91. The lowest BCUT2D eigenvalue weighted by atomic mass is 10.0. The molecule has 1 amide bonds. The summed E-state index contributed by atoms with van der Waals surface area (Å²) in [4.78, 5) is 13.8. The highest BCUT2D eigenvalue weighted by molar-refractivity contribution is 5.82. The van der Waals surface area contributed by atoms with Crippen LogP contribution in [0.1, 0.15) is 22.8 Å². The van der Waals surface area contributed by atoms with E-state index in [4.69, 9.17) is 4.74 Å². The molecule has 1 heterocycles. The molecule has 24 heavy (non-hydrogen) atoms. The van der Waals surface area contributed by atoms with Gasteiger partial charge in [0.05, 0.1) is 13.1 Å². The third-order valence-electron chi connectivity index (χ3n) is 4.27. The molecular formula is C19H20FNO3. The minimum Gasteiger partial charge on any atom is -0.486 e. The normalized spacial score (nSPS) is 15.8. The Bertz CT molecular complexity index is 719. The molecule has 2 aromatic carbocycles. The SMILES string of the molecule is Cc1cccc(C)c1OC1CN(C(=O)[C@@H](O)c2ccc(F)cc2)C1. The first-order valence-electron chi connectivity index (χ1n) is 7.91. The average molecular weight is 329 g/mol. The number of likely N-dealkylation sites (tertiary alicyclic amines) is 1. The maximum atomic E-state index is 12.9. The number of amides is 1. The zero-order chi connectivity index (χ0) is 17.3. The van der Waals surface area contributed by atoms with E-state index in [1.54, 1.807) is 4.90 Å². The standard InChI is InChI=1S/C19H20FNO3/c1-12-4-3-5-13(2)18(12)24-16-10-21(11-16)19(23)17(22)14-6-8-15(20)9-7-14/h3-9,16-17,22H,10-11H2,1-2H3/t17-/m0/s1. The van der Waals surface area contributed by atoms with Gasteiger partial charge in [0.15, 0.2) is 6.10 Å². The maximum Gasteiger partial charge on any atom is 0.256 e. The Morgan fingerprint density at radius 3 is 2.33 bits per heavy atom. The average Bonchev–Trinajstić information content (AvgIpc) is 2.52. The van der Waals surface area contributed by atoms with Crippen LogP contribution in [0.4, 0.5) is 4.39 Å². The molecule has 0 radical (unpaired) electrons. The van der Waals surface area contributed by atoms with Crippen LogP contribution in [0.3, 0.4) is 0 Å². The number of benzene rings is 2. The minimum absolute atomic E-state index is 0.0748. The first kappa shape index (κ1) is 16.5. The number of nitrogens with zero attached hydrogens (tertiary/aromatic N) is 1. The van der Waals surface area contributed by atoms with Crippen LogP contribution in [0.5, 0.6) is 5.75 Å². The Labute approximate surface area is 140 Å². The fourth-order valence-electron chi connectivity index (χ4n) is 2.80. The van der Waals surface area contributed by atoms with Crippen molar-refractivity contribution >= 4 is 5.91 Å². The number of aryl methyl sites for hydroxylation is 2. The van der Waals surface area contributed by atoms with Crippen LogP contribution >= 0.6 is 0 Å². The van der Waals surface area contributed by atoms with Gasteiger partial charge in [-0.2, -0.15) is 0 Å². The van der Waals surface area contributed by atoms with Gasteiger partial charge in [0, 0.05) is 0 Å². The summed E-state index contributed by atoms with van der Waals surface area (Å²) in [5.74, 6) is 0.0704. The van der Waals surface area contributed by atoms with Crippen LogP contribution in [0, 0.1) is 19.7 Å². The van der Waals surface area contributed by atoms with Gasteiger partial charge in [-0.1, -0.05) is 30.3 Å². The first-order chi connectivity index (χ1) is 11.5. The Kier molecular flexibility index (Phi) is 4.53. The van der Waals surface area contributed by atoms with Crippen molar-refractivity contribution in [2.24, 2.45) is 0 Å². The lowest BCUT2D eigenvalue weighted by Gasteiger charge is -2.40. The molecule has 0 spiro atoms. The number of carbonyl (C=O) groups excluding carboxylic acids is 1. The molecule has 5 heteroatoms. The van der Waals surface area contributed by atoms with Crippen molar-refractivity contribution in [3.63, 3.8) is 0 Å². The maximum absolute atomic E-state index is 12.9. The topological polar surface area (TPSA) is 49.8 Å². The number of aliphatic hydroxyl groups excluding tert-OH is 1. The number of rotatable bonds is 4. The highest BCUT2D eigenvalue weighted by Crippen LogP contribution is 2.27. The Morgan fingerprint density at radius 2 is 1.75 bits per heavy atom. The van der Waals surface area contributed by atoms with E-state index in [0.717, 1.165) is 16.9 Å². The highest BCUT2D eigenvalue weighted by atomic mass is 19.1. The summed E-state index contributed by atoms with van der Waals surface area (Å²) in [6, 6.07) is 11.3. The van der Waals surface area contributed by atoms with Crippen molar-refractivity contribution in [1.29, 1.82) is 0 Å². The number of para-hydroxylation sites is 1. The second kappa shape index (κ2) is 6.61. The van der Waals surface area contributed by atoms with Gasteiger partial charge in [0.25, 0.3) is 5.91 Å². The van der Waals surface area contributed by atoms with E-state index in [9.17, 15) is 14.3 Å². The van der Waals surface area contributed by atoms with E-state index in [-0.39, 0.29) is 12.0 Å². The molecule has 3 rings (SSSR count). The smallest absolute Gasteiger partial charge is 0.256 e. The van der Waals surface area contributed by atoms with Gasteiger partial charge < -0.3 is 14.7 Å². The molecule has 1 N–H and O–H groups in total. The summed E-state index contributed by atoms with van der Waals surface area (Å²) in [7, 11) is 0. The lowest BCUT2D eigenvalue weighted by molar-refractivity contribution is -0.149. The van der Waals surface area contributed by atoms with Crippen molar-refractivity contribution in [1.82, 2.24) is 4.90 Å². The van der Waals surface area contributed by atoms with Gasteiger partial charge in [-0.3, -0.25) is 4.79 Å². The molecule has 126 valence electrons. The fraction of sp³-hybridized carbons (Fsp3) is 0.316. The molecule has 0 aliphatic carbocycles. The molecule has 1 fully saturated rings. The van der Waals surface area contributed by atoms with Crippen molar-refractivity contribution in [2.45, 2.75) is 26.1 Å². The van der Waals surface area contributed by atoms with Gasteiger partial charge in [-0.25, -0.2) is 4.39 Å². The van der Waals surface area contributed by atoms with E-state index in [2.05, 4.69) is 0 Å². The Morgan fingerprint density at radius 1 is 1.17 bits per heavy atom. The van der Waals surface area contributed by atoms with Crippen LogP contribution in [0.25, 0.3) is 0 Å². The van der Waals surface area contributed by atoms with Crippen LogP contribution < -0.4 is 4.74 Å². The monoisotopic (exact) mass is 329 g/mol. The zero-order valence-corrected chi connectivity index (χ0v) is 13.7. The fourth-order valence-corrected chi connectivity index (χ4v) is 2.80. The molecule has 0 bridgehead atoms. The molecule has 1 atom stereocenters. The number of halogens is 1. The summed E-state index contributed by atoms with van der Waals surface area (Å²) < 4.78 is 18.9. The third kappa shape index (κ3) is 3.26. The van der Waals surface area contributed by atoms with Crippen molar-refractivity contribution in [2.75, 3.05) is 13.1 Å². The van der Waals surface area contributed by atoms with Gasteiger partial charge in [0.1, 0.15) is 17.7 Å². The third-order valence-corrected chi connectivity index (χ3v) is 4.27. The molecule has 2 aromatic rings. The summed E-state index contributed by atoms with van der Waals surface area (Å²) in [6.07, 6.45) is -1.35. The predicted octanol–water partition coefficient (Wildman–Crippen LogP) is 2.77. The van der Waals surface area contributed by atoms with E-state index in [1.165, 1.54) is 24.3 Å². The second-order valence-electron chi connectivity index (χ2n) is 6.16. The van der Waals surface area contributed by atoms with Gasteiger partial charge in [0.2, 0.25) is 0 Å². The van der Waals surface area contributed by atoms with Crippen LogP contribution in [-0.2, 0) is 4.79 Å². The number of carbonyl (C=O) groups is 1. The predicted molar refractivity (Wildman–Crippen MR) is 88.3 cm³/mol. The number of hydrogen-bond donors (Lipinski definition) is 1. The molecule has 0 unspecified atom stereocenters. The Balaban J connectivity index is 1.58. The number of hydrogen-bond acceptors (Lipinski definition) is 3. The molecule has 4 nitrogen and oxygen atoms in total. The van der Waals surface area contributed by atoms with Crippen LogP contribution in [-0.4, -0.2) is 35.1 Å². The van der Waals surface area contributed by atoms with E-state index < -0.39 is 11.9 Å². The summed E-state index contributed by atoms with van der Waals surface area (Å²) >= 11 is 0. The number of ether oxygens (including phenoxy) is 1. The Hall–Kier alpha value is -2.40. The summed E-state index contributed by atoms with van der Waals surface area (Å²) in [6.45, 7) is 4.85. The van der Waals surface area contributed by atoms with Gasteiger partial charge in [-0.05, 0) is 42.7 Å². The molecule has 1 aliphatic heterocycles. The molecule has 1 saturated heterocycles. The van der Waals surface area contributed by atoms with Crippen molar-refractivity contribution < 1.29 is 19.0 Å². The quantitative estimate of drug-likeness (QED) is 0.938. The van der Waals surface area contributed by atoms with Crippen LogP contribution in [0.15, 0.2) is 42.5 Å². The zero-order valence-electron chi connectivity index (χ0n) is 13.7. The van der Waals surface area contributed by atoms with Crippen molar-refractivity contribution in [3.8, 4) is 5.75 Å². The van der Waals surface area contributed by atoms with E-state index >= 15 is 0 Å². The lowest BCUT2D eigenvalue weighted by Crippen LogP contribution is -2.57. The van der Waals surface area contributed by atoms with E-state index in [0.29, 0.717) is 18.7 Å². The van der Waals surface area contributed by atoms with Crippen LogP contribution in [0.2, 0.25) is 0 Å². The van der Waals surface area contributed by atoms with Crippen molar-refractivity contribution in [3.05, 3.63) is 65.0 Å². The minimum atomic E-state index is -1.27.